The average molecular weight is 438 g/mol. The molecule has 3 aromatic carbocycles. The fourth-order valence-electron chi connectivity index (χ4n) is 3.98. The monoisotopic (exact) mass is 437 g/mol. The molecule has 6 nitrogen and oxygen atoms in total. The minimum absolute atomic E-state index is 0.00492. The topological polar surface area (TPSA) is 69.7 Å². The van der Waals surface area contributed by atoms with Gasteiger partial charge >= 0.3 is 0 Å². The van der Waals surface area contributed by atoms with E-state index < -0.39 is 10.0 Å². The van der Waals surface area contributed by atoms with Gasteiger partial charge in [0.25, 0.3) is 0 Å². The minimum atomic E-state index is -3.37. The molecule has 7 heteroatoms. The van der Waals surface area contributed by atoms with Crippen LogP contribution >= 0.6 is 0 Å². The first-order valence-corrected chi connectivity index (χ1v) is 12.1. The van der Waals surface area contributed by atoms with E-state index in [4.69, 9.17) is 0 Å². The van der Waals surface area contributed by atoms with Crippen LogP contribution in [-0.4, -0.2) is 55.8 Å². The van der Waals surface area contributed by atoms with Gasteiger partial charge in [-0.2, -0.15) is 4.31 Å². The van der Waals surface area contributed by atoms with E-state index >= 15 is 0 Å². The highest BCUT2D eigenvalue weighted by Crippen LogP contribution is 2.23. The van der Waals surface area contributed by atoms with Crippen molar-refractivity contribution < 1.29 is 13.2 Å². The summed E-state index contributed by atoms with van der Waals surface area (Å²) in [7, 11) is -3.37. The molecule has 0 spiro atoms. The SMILES string of the molecule is CC(C(=O)Nc1cccc2ccccc12)N1CCN(S(=O)(=O)Cc2ccccc2)CC1. The quantitative estimate of drug-likeness (QED) is 0.642. The zero-order valence-corrected chi connectivity index (χ0v) is 18.4. The number of carbonyl (C=O) groups is 1. The molecule has 0 radical (unpaired) electrons. The standard InChI is InChI=1S/C24H27N3O3S/c1-19(24(28)25-23-13-7-11-21-10-5-6-12-22(21)23)26-14-16-27(17-15-26)31(29,30)18-20-8-3-2-4-9-20/h2-13,19H,14-18H2,1H3,(H,25,28). The number of benzene rings is 3. The molecule has 1 saturated heterocycles. The van der Waals surface area contributed by atoms with Crippen molar-refractivity contribution in [2.75, 3.05) is 31.5 Å². The molecule has 1 amide bonds. The Morgan fingerprint density at radius 2 is 1.55 bits per heavy atom. The van der Waals surface area contributed by atoms with Gasteiger partial charge in [0.1, 0.15) is 0 Å². The van der Waals surface area contributed by atoms with E-state index in [1.807, 2.05) is 84.6 Å². The van der Waals surface area contributed by atoms with Gasteiger partial charge in [-0.25, -0.2) is 8.42 Å². The number of nitrogens with zero attached hydrogens (tertiary/aromatic N) is 2. The third-order valence-corrected chi connectivity index (χ3v) is 7.68. The first-order chi connectivity index (χ1) is 14.9. The van der Waals surface area contributed by atoms with Crippen molar-refractivity contribution in [3.05, 3.63) is 78.4 Å². The van der Waals surface area contributed by atoms with Crippen molar-refractivity contribution in [1.29, 1.82) is 0 Å². The van der Waals surface area contributed by atoms with Gasteiger partial charge in [-0.3, -0.25) is 9.69 Å². The fourth-order valence-corrected chi connectivity index (χ4v) is 5.50. The van der Waals surface area contributed by atoms with Crippen molar-refractivity contribution in [3.8, 4) is 0 Å². The molecular formula is C24H27N3O3S. The summed E-state index contributed by atoms with van der Waals surface area (Å²) in [5.41, 5.74) is 1.58. The van der Waals surface area contributed by atoms with Crippen LogP contribution in [0.1, 0.15) is 12.5 Å². The van der Waals surface area contributed by atoms with Gasteiger partial charge in [-0.05, 0) is 23.9 Å². The predicted molar refractivity (Wildman–Crippen MR) is 124 cm³/mol. The number of piperazine rings is 1. The van der Waals surface area contributed by atoms with Gasteiger partial charge in [-0.1, -0.05) is 66.7 Å². The maximum absolute atomic E-state index is 12.9. The summed E-state index contributed by atoms with van der Waals surface area (Å²) in [6, 6.07) is 22.7. The van der Waals surface area contributed by atoms with Crippen molar-refractivity contribution in [3.63, 3.8) is 0 Å². The molecule has 0 saturated carbocycles. The highest BCUT2D eigenvalue weighted by atomic mass is 32.2. The number of fused-ring (bicyclic) bond motifs is 1. The van der Waals surface area contributed by atoms with Crippen LogP contribution in [0.4, 0.5) is 5.69 Å². The second-order valence-electron chi connectivity index (χ2n) is 7.87. The third-order valence-electron chi connectivity index (χ3n) is 5.83. The lowest BCUT2D eigenvalue weighted by Gasteiger charge is -2.36. The molecule has 1 aliphatic rings. The second kappa shape index (κ2) is 9.18. The minimum Gasteiger partial charge on any atom is -0.324 e. The van der Waals surface area contributed by atoms with E-state index in [1.54, 1.807) is 0 Å². The van der Waals surface area contributed by atoms with Crippen molar-refractivity contribution in [2.45, 2.75) is 18.7 Å². The average Bonchev–Trinajstić information content (AvgIpc) is 2.79. The van der Waals surface area contributed by atoms with Gasteiger partial charge in [-0.15, -0.1) is 0 Å². The van der Waals surface area contributed by atoms with Crippen molar-refractivity contribution in [1.82, 2.24) is 9.21 Å². The molecule has 1 N–H and O–H groups in total. The lowest BCUT2D eigenvalue weighted by Crippen LogP contribution is -2.54. The van der Waals surface area contributed by atoms with Crippen molar-refractivity contribution >= 4 is 32.4 Å². The Morgan fingerprint density at radius 3 is 2.29 bits per heavy atom. The molecular weight excluding hydrogens is 410 g/mol. The molecule has 162 valence electrons. The Hall–Kier alpha value is -2.74. The summed E-state index contributed by atoms with van der Waals surface area (Å²) in [6.45, 7) is 3.70. The number of carbonyl (C=O) groups excluding carboxylic acids is 1. The number of sulfonamides is 1. The Morgan fingerprint density at radius 1 is 0.903 bits per heavy atom. The molecule has 0 aromatic heterocycles. The van der Waals surface area contributed by atoms with Gasteiger partial charge < -0.3 is 5.32 Å². The second-order valence-corrected chi connectivity index (χ2v) is 9.84. The Labute approximate surface area is 183 Å². The molecule has 1 fully saturated rings. The summed E-state index contributed by atoms with van der Waals surface area (Å²) in [6.07, 6.45) is 0. The number of hydrogen-bond acceptors (Lipinski definition) is 4. The van der Waals surface area contributed by atoms with Crippen LogP contribution in [-0.2, 0) is 20.6 Å². The smallest absolute Gasteiger partial charge is 0.241 e. The molecule has 31 heavy (non-hydrogen) atoms. The zero-order chi connectivity index (χ0) is 21.8. The van der Waals surface area contributed by atoms with E-state index in [2.05, 4.69) is 5.32 Å². The maximum atomic E-state index is 12.9. The highest BCUT2D eigenvalue weighted by molar-refractivity contribution is 7.88. The van der Waals surface area contributed by atoms with E-state index in [9.17, 15) is 13.2 Å². The molecule has 1 heterocycles. The van der Waals surface area contributed by atoms with Crippen molar-refractivity contribution in [2.24, 2.45) is 0 Å². The predicted octanol–water partition coefficient (Wildman–Crippen LogP) is 3.31. The molecule has 1 unspecified atom stereocenters. The molecule has 1 aliphatic heterocycles. The normalized spacial score (nSPS) is 16.8. The summed E-state index contributed by atoms with van der Waals surface area (Å²) in [4.78, 5) is 14.9. The fraction of sp³-hybridized carbons (Fsp3) is 0.292. The van der Waals surface area contributed by atoms with E-state index in [-0.39, 0.29) is 17.7 Å². The lowest BCUT2D eigenvalue weighted by atomic mass is 10.1. The number of hydrogen-bond donors (Lipinski definition) is 1. The summed E-state index contributed by atoms with van der Waals surface area (Å²) in [5, 5.41) is 5.12. The van der Waals surface area contributed by atoms with E-state index in [0.29, 0.717) is 26.2 Å². The number of anilines is 1. The molecule has 3 aromatic rings. The number of amides is 1. The van der Waals surface area contributed by atoms with Crippen LogP contribution in [0, 0.1) is 0 Å². The van der Waals surface area contributed by atoms with Crippen LogP contribution in [0.3, 0.4) is 0 Å². The van der Waals surface area contributed by atoms with Crippen LogP contribution in [0.2, 0.25) is 0 Å². The lowest BCUT2D eigenvalue weighted by molar-refractivity contribution is -0.121. The van der Waals surface area contributed by atoms with E-state index in [0.717, 1.165) is 22.0 Å². The van der Waals surface area contributed by atoms with Gasteiger partial charge in [0.05, 0.1) is 11.8 Å². The largest absolute Gasteiger partial charge is 0.324 e. The molecule has 0 aliphatic carbocycles. The van der Waals surface area contributed by atoms with Gasteiger partial charge in [0.2, 0.25) is 15.9 Å². The molecule has 4 rings (SSSR count). The van der Waals surface area contributed by atoms with E-state index in [1.165, 1.54) is 4.31 Å². The Bertz CT molecular complexity index is 1150. The molecule has 1 atom stereocenters. The van der Waals surface area contributed by atoms with Gasteiger partial charge in [0.15, 0.2) is 0 Å². The first-order valence-electron chi connectivity index (χ1n) is 10.5. The first kappa shape index (κ1) is 21.5. The maximum Gasteiger partial charge on any atom is 0.241 e. The highest BCUT2D eigenvalue weighted by Gasteiger charge is 2.31. The van der Waals surface area contributed by atoms with Gasteiger partial charge in [0, 0.05) is 37.3 Å². The van der Waals surface area contributed by atoms with Crippen LogP contribution in [0.15, 0.2) is 72.8 Å². The van der Waals surface area contributed by atoms with Crippen LogP contribution in [0.25, 0.3) is 10.8 Å². The third kappa shape index (κ3) is 4.95. The molecule has 0 bridgehead atoms. The Kier molecular flexibility index (Phi) is 6.36. The van der Waals surface area contributed by atoms with Crippen LogP contribution in [0.5, 0.6) is 0 Å². The zero-order valence-electron chi connectivity index (χ0n) is 17.6. The van der Waals surface area contributed by atoms with Crippen LogP contribution < -0.4 is 5.32 Å². The summed E-state index contributed by atoms with van der Waals surface area (Å²) >= 11 is 0. The summed E-state index contributed by atoms with van der Waals surface area (Å²) < 4.78 is 27.1. The Balaban J connectivity index is 1.36. The number of nitrogens with one attached hydrogen (secondary N) is 1. The number of rotatable bonds is 6. The summed E-state index contributed by atoms with van der Waals surface area (Å²) in [5.74, 6) is -0.0812.